The van der Waals surface area contributed by atoms with Gasteiger partial charge in [-0.3, -0.25) is 0 Å². The first-order chi connectivity index (χ1) is 9.06. The van der Waals surface area contributed by atoms with E-state index in [0.29, 0.717) is 17.9 Å². The average Bonchev–Trinajstić information content (AvgIpc) is 2.85. The Labute approximate surface area is 114 Å². The molecule has 0 amide bonds. The van der Waals surface area contributed by atoms with Gasteiger partial charge in [-0.05, 0) is 30.5 Å². The highest BCUT2D eigenvalue weighted by Crippen LogP contribution is 2.25. The first-order valence-electron chi connectivity index (χ1n) is 6.45. The van der Waals surface area contributed by atoms with Crippen LogP contribution in [0.5, 0.6) is 0 Å². The molecule has 1 heterocycles. The van der Waals surface area contributed by atoms with E-state index in [1.165, 1.54) is 5.56 Å². The quantitative estimate of drug-likeness (QED) is 0.827. The van der Waals surface area contributed by atoms with Crippen LogP contribution in [0.15, 0.2) is 23.1 Å². The summed E-state index contributed by atoms with van der Waals surface area (Å²) in [5, 5.41) is 3.19. The van der Waals surface area contributed by atoms with Crippen LogP contribution in [0.1, 0.15) is 18.9 Å². The summed E-state index contributed by atoms with van der Waals surface area (Å²) in [7, 11) is -1.92. The van der Waals surface area contributed by atoms with E-state index in [0.717, 1.165) is 18.7 Å². The van der Waals surface area contributed by atoms with Crippen molar-refractivity contribution in [2.75, 3.05) is 25.6 Å². The predicted molar refractivity (Wildman–Crippen MR) is 74.9 cm³/mol. The summed E-state index contributed by atoms with van der Waals surface area (Å²) in [6.07, 6.45) is 1.64. The second-order valence-electron chi connectivity index (χ2n) is 4.68. The van der Waals surface area contributed by atoms with Crippen LogP contribution in [-0.4, -0.2) is 34.7 Å². The van der Waals surface area contributed by atoms with Crippen LogP contribution in [0.3, 0.4) is 0 Å². The predicted octanol–water partition coefficient (Wildman–Crippen LogP) is 1.36. The second-order valence-corrected chi connectivity index (χ2v) is 6.39. The SMILES string of the molecule is CCC(COC)NS(=O)(=O)c1ccc2c(c1)NCC2. The number of anilines is 1. The van der Waals surface area contributed by atoms with Gasteiger partial charge in [-0.25, -0.2) is 13.1 Å². The molecular weight excluding hydrogens is 264 g/mol. The molecule has 1 aliphatic rings. The molecule has 1 unspecified atom stereocenters. The Bertz CT molecular complexity index is 543. The lowest BCUT2D eigenvalue weighted by Crippen LogP contribution is -2.37. The van der Waals surface area contributed by atoms with Crippen molar-refractivity contribution < 1.29 is 13.2 Å². The van der Waals surface area contributed by atoms with E-state index in [2.05, 4.69) is 10.0 Å². The van der Waals surface area contributed by atoms with Crippen LogP contribution in [0, 0.1) is 0 Å². The van der Waals surface area contributed by atoms with E-state index in [1.54, 1.807) is 19.2 Å². The number of benzene rings is 1. The smallest absolute Gasteiger partial charge is 0.240 e. The molecule has 5 nitrogen and oxygen atoms in total. The molecule has 0 saturated carbocycles. The molecule has 1 aromatic rings. The van der Waals surface area contributed by atoms with E-state index >= 15 is 0 Å². The zero-order valence-electron chi connectivity index (χ0n) is 11.3. The summed E-state index contributed by atoms with van der Waals surface area (Å²) in [4.78, 5) is 0.301. The van der Waals surface area contributed by atoms with E-state index in [4.69, 9.17) is 4.74 Å². The van der Waals surface area contributed by atoms with Crippen LogP contribution in [0.4, 0.5) is 5.69 Å². The molecule has 6 heteroatoms. The first-order valence-corrected chi connectivity index (χ1v) is 7.93. The van der Waals surface area contributed by atoms with Gasteiger partial charge in [0.25, 0.3) is 0 Å². The van der Waals surface area contributed by atoms with Crippen LogP contribution >= 0.6 is 0 Å². The van der Waals surface area contributed by atoms with Crippen molar-refractivity contribution in [3.05, 3.63) is 23.8 Å². The highest BCUT2D eigenvalue weighted by Gasteiger charge is 2.21. The Kier molecular flexibility index (Phi) is 4.44. The highest BCUT2D eigenvalue weighted by molar-refractivity contribution is 7.89. The number of ether oxygens (including phenoxy) is 1. The molecule has 2 N–H and O–H groups in total. The fourth-order valence-corrected chi connectivity index (χ4v) is 3.49. The molecule has 2 rings (SSSR count). The van der Waals surface area contributed by atoms with Crippen LogP contribution in [0.2, 0.25) is 0 Å². The molecule has 0 aromatic heterocycles. The third-order valence-corrected chi connectivity index (χ3v) is 4.80. The molecule has 106 valence electrons. The van der Waals surface area contributed by atoms with E-state index in [1.807, 2.05) is 13.0 Å². The van der Waals surface area contributed by atoms with Gasteiger partial charge in [0, 0.05) is 25.4 Å². The zero-order valence-corrected chi connectivity index (χ0v) is 12.1. The van der Waals surface area contributed by atoms with Gasteiger partial charge in [0.2, 0.25) is 10.0 Å². The van der Waals surface area contributed by atoms with Gasteiger partial charge in [-0.1, -0.05) is 13.0 Å². The van der Waals surface area contributed by atoms with Gasteiger partial charge < -0.3 is 10.1 Å². The van der Waals surface area contributed by atoms with Crippen molar-refractivity contribution in [3.63, 3.8) is 0 Å². The minimum atomic E-state index is -3.49. The lowest BCUT2D eigenvalue weighted by molar-refractivity contribution is 0.173. The molecule has 0 fully saturated rings. The largest absolute Gasteiger partial charge is 0.384 e. The molecule has 1 aliphatic heterocycles. The molecule has 0 spiro atoms. The molecule has 0 bridgehead atoms. The Morgan fingerprint density at radius 1 is 1.47 bits per heavy atom. The number of nitrogens with one attached hydrogen (secondary N) is 2. The van der Waals surface area contributed by atoms with Crippen LogP contribution < -0.4 is 10.0 Å². The van der Waals surface area contributed by atoms with Crippen molar-refractivity contribution in [2.45, 2.75) is 30.7 Å². The number of rotatable bonds is 6. The summed E-state index contributed by atoms with van der Waals surface area (Å²) in [6.45, 7) is 3.17. The first kappa shape index (κ1) is 14.3. The number of fused-ring (bicyclic) bond motifs is 1. The standard InChI is InChI=1S/C13H20N2O3S/c1-3-11(9-18-2)15-19(16,17)12-5-4-10-6-7-14-13(10)8-12/h4-5,8,11,14-15H,3,6-7,9H2,1-2H3. The number of hydrogen-bond acceptors (Lipinski definition) is 4. The maximum atomic E-state index is 12.3. The van der Waals surface area contributed by atoms with Gasteiger partial charge in [0.05, 0.1) is 11.5 Å². The van der Waals surface area contributed by atoms with E-state index in [-0.39, 0.29) is 6.04 Å². The number of sulfonamides is 1. The molecule has 1 aromatic carbocycles. The van der Waals surface area contributed by atoms with Crippen molar-refractivity contribution in [3.8, 4) is 0 Å². The maximum absolute atomic E-state index is 12.3. The summed E-state index contributed by atoms with van der Waals surface area (Å²) in [5.74, 6) is 0. The lowest BCUT2D eigenvalue weighted by atomic mass is 10.2. The van der Waals surface area contributed by atoms with Gasteiger partial charge in [-0.15, -0.1) is 0 Å². The normalized spacial score (nSPS) is 15.9. The monoisotopic (exact) mass is 284 g/mol. The van der Waals surface area contributed by atoms with Gasteiger partial charge in [0.15, 0.2) is 0 Å². The average molecular weight is 284 g/mol. The lowest BCUT2D eigenvalue weighted by Gasteiger charge is -2.16. The fraction of sp³-hybridized carbons (Fsp3) is 0.538. The maximum Gasteiger partial charge on any atom is 0.240 e. The minimum Gasteiger partial charge on any atom is -0.384 e. The Morgan fingerprint density at radius 3 is 2.95 bits per heavy atom. The molecular formula is C13H20N2O3S. The van der Waals surface area contributed by atoms with Crippen LogP contribution in [-0.2, 0) is 21.2 Å². The highest BCUT2D eigenvalue weighted by atomic mass is 32.2. The number of methoxy groups -OCH3 is 1. The summed E-state index contributed by atoms with van der Waals surface area (Å²) >= 11 is 0. The summed E-state index contributed by atoms with van der Waals surface area (Å²) in [6, 6.07) is 5.04. The second kappa shape index (κ2) is 5.90. The molecule has 1 atom stereocenters. The van der Waals surface area contributed by atoms with Crippen LogP contribution in [0.25, 0.3) is 0 Å². The molecule has 0 radical (unpaired) electrons. The van der Waals surface area contributed by atoms with Gasteiger partial charge in [0.1, 0.15) is 0 Å². The third-order valence-electron chi connectivity index (χ3n) is 3.28. The Hall–Kier alpha value is -1.11. The third kappa shape index (κ3) is 3.26. The fourth-order valence-electron chi connectivity index (χ4n) is 2.16. The minimum absolute atomic E-state index is 0.198. The van der Waals surface area contributed by atoms with E-state index < -0.39 is 10.0 Å². The Balaban J connectivity index is 2.19. The van der Waals surface area contributed by atoms with Gasteiger partial charge >= 0.3 is 0 Å². The van der Waals surface area contributed by atoms with Crippen molar-refractivity contribution >= 4 is 15.7 Å². The summed E-state index contributed by atoms with van der Waals surface area (Å²) < 4.78 is 32.2. The zero-order chi connectivity index (χ0) is 13.9. The molecule has 19 heavy (non-hydrogen) atoms. The van der Waals surface area contributed by atoms with E-state index in [9.17, 15) is 8.42 Å². The molecule has 0 saturated heterocycles. The van der Waals surface area contributed by atoms with Crippen molar-refractivity contribution in [1.82, 2.24) is 4.72 Å². The van der Waals surface area contributed by atoms with Gasteiger partial charge in [-0.2, -0.15) is 0 Å². The summed E-state index contributed by atoms with van der Waals surface area (Å²) in [5.41, 5.74) is 2.09. The Morgan fingerprint density at radius 2 is 2.26 bits per heavy atom. The van der Waals surface area contributed by atoms with Crippen molar-refractivity contribution in [1.29, 1.82) is 0 Å². The van der Waals surface area contributed by atoms with Crippen molar-refractivity contribution in [2.24, 2.45) is 0 Å². The molecule has 0 aliphatic carbocycles. The number of hydrogen-bond donors (Lipinski definition) is 2. The topological polar surface area (TPSA) is 67.4 Å².